The molecule has 1 aromatic heterocycles. The number of aromatic nitrogens is 1. The average molecular weight is 302 g/mol. The molecule has 112 valence electrons. The van der Waals surface area contributed by atoms with E-state index in [1.54, 1.807) is 0 Å². The molecule has 1 aliphatic carbocycles. The summed E-state index contributed by atoms with van der Waals surface area (Å²) in [7, 11) is 0. The van der Waals surface area contributed by atoms with Gasteiger partial charge in [-0.3, -0.25) is 0 Å². The lowest BCUT2D eigenvalue weighted by Gasteiger charge is -2.16. The second kappa shape index (κ2) is 6.58. The van der Waals surface area contributed by atoms with Gasteiger partial charge in [-0.1, -0.05) is 19.1 Å². The van der Waals surface area contributed by atoms with Crippen LogP contribution in [0.5, 0.6) is 5.75 Å². The fourth-order valence-corrected chi connectivity index (χ4v) is 4.07. The lowest BCUT2D eigenvalue weighted by molar-refractivity contribution is 0.340. The topological polar surface area (TPSA) is 34.1 Å². The molecule has 0 spiro atoms. The number of fused-ring (bicyclic) bond motifs is 1. The van der Waals surface area contributed by atoms with E-state index in [0.717, 1.165) is 18.7 Å². The van der Waals surface area contributed by atoms with Crippen LogP contribution < -0.4 is 10.1 Å². The number of rotatable bonds is 6. The standard InChI is InChI=1S/C17H22N2OS/c1-3-18-16(12-8-10-13(11-9-12)20-4-2)17-19-14-6-5-7-15(14)21-17/h8-11,16,18H,3-7H2,1-2H3. The highest BCUT2D eigenvalue weighted by Crippen LogP contribution is 2.33. The second-order valence-corrected chi connectivity index (χ2v) is 6.38. The Morgan fingerprint density at radius 3 is 2.71 bits per heavy atom. The molecule has 1 heterocycles. The number of nitrogens with zero attached hydrogens (tertiary/aromatic N) is 1. The van der Waals surface area contributed by atoms with Gasteiger partial charge < -0.3 is 10.1 Å². The molecule has 1 aliphatic rings. The summed E-state index contributed by atoms with van der Waals surface area (Å²) in [6, 6.07) is 8.58. The Morgan fingerprint density at radius 1 is 1.24 bits per heavy atom. The highest BCUT2D eigenvalue weighted by Gasteiger charge is 2.22. The molecule has 4 heteroatoms. The quantitative estimate of drug-likeness (QED) is 0.883. The van der Waals surface area contributed by atoms with Gasteiger partial charge >= 0.3 is 0 Å². The van der Waals surface area contributed by atoms with Crippen LogP contribution in [-0.2, 0) is 12.8 Å². The van der Waals surface area contributed by atoms with Crippen molar-refractivity contribution < 1.29 is 4.74 Å². The predicted octanol–water partition coefficient (Wildman–Crippen LogP) is 3.73. The summed E-state index contributed by atoms with van der Waals surface area (Å²) in [5, 5.41) is 4.76. The van der Waals surface area contributed by atoms with Crippen LogP contribution in [0.3, 0.4) is 0 Å². The van der Waals surface area contributed by atoms with Gasteiger partial charge in [0.05, 0.1) is 18.3 Å². The maximum Gasteiger partial charge on any atom is 0.119 e. The molecule has 2 aromatic rings. The largest absolute Gasteiger partial charge is 0.494 e. The fourth-order valence-electron chi connectivity index (χ4n) is 2.81. The van der Waals surface area contributed by atoms with E-state index in [-0.39, 0.29) is 6.04 Å². The lowest BCUT2D eigenvalue weighted by atomic mass is 10.1. The number of aryl methyl sites for hydroxylation is 2. The third kappa shape index (κ3) is 3.11. The van der Waals surface area contributed by atoms with Gasteiger partial charge in [0.2, 0.25) is 0 Å². The predicted molar refractivity (Wildman–Crippen MR) is 87.3 cm³/mol. The SMILES string of the molecule is CCNC(c1ccc(OCC)cc1)c1nc2c(s1)CCC2. The summed E-state index contributed by atoms with van der Waals surface area (Å²) in [5.41, 5.74) is 2.58. The van der Waals surface area contributed by atoms with Gasteiger partial charge in [0.25, 0.3) is 0 Å². The Balaban J connectivity index is 1.85. The minimum Gasteiger partial charge on any atom is -0.494 e. The third-order valence-electron chi connectivity index (χ3n) is 3.79. The first-order chi connectivity index (χ1) is 10.3. The van der Waals surface area contributed by atoms with E-state index in [4.69, 9.17) is 9.72 Å². The molecule has 1 N–H and O–H groups in total. The van der Waals surface area contributed by atoms with Crippen LogP contribution in [-0.4, -0.2) is 18.1 Å². The molecular weight excluding hydrogens is 280 g/mol. The maximum absolute atomic E-state index is 5.52. The molecule has 0 bridgehead atoms. The maximum atomic E-state index is 5.52. The Morgan fingerprint density at radius 2 is 2.05 bits per heavy atom. The first kappa shape index (κ1) is 14.5. The fraction of sp³-hybridized carbons (Fsp3) is 0.471. The van der Waals surface area contributed by atoms with Gasteiger partial charge in [0, 0.05) is 4.88 Å². The zero-order chi connectivity index (χ0) is 14.7. The van der Waals surface area contributed by atoms with Crippen molar-refractivity contribution in [3.05, 3.63) is 45.4 Å². The van der Waals surface area contributed by atoms with Crippen LogP contribution in [0, 0.1) is 0 Å². The molecule has 0 amide bonds. The van der Waals surface area contributed by atoms with Gasteiger partial charge in [-0.25, -0.2) is 4.98 Å². The van der Waals surface area contributed by atoms with Crippen molar-refractivity contribution in [2.45, 2.75) is 39.2 Å². The smallest absolute Gasteiger partial charge is 0.119 e. The number of nitrogens with one attached hydrogen (secondary N) is 1. The van der Waals surface area contributed by atoms with Crippen molar-refractivity contribution in [1.82, 2.24) is 10.3 Å². The molecule has 1 atom stereocenters. The van der Waals surface area contributed by atoms with Gasteiger partial charge in [0.15, 0.2) is 0 Å². The third-order valence-corrected chi connectivity index (χ3v) is 5.01. The average Bonchev–Trinajstić information content (AvgIpc) is 3.07. The van der Waals surface area contributed by atoms with Crippen LogP contribution in [0.1, 0.15) is 47.5 Å². The minimum absolute atomic E-state index is 0.196. The molecule has 0 aliphatic heterocycles. The van der Waals surface area contributed by atoms with Gasteiger partial charge in [-0.2, -0.15) is 0 Å². The van der Waals surface area contributed by atoms with E-state index >= 15 is 0 Å². The minimum atomic E-state index is 0.196. The number of ether oxygens (including phenoxy) is 1. The Labute approximate surface area is 130 Å². The highest BCUT2D eigenvalue weighted by atomic mass is 32.1. The molecule has 1 aromatic carbocycles. The van der Waals surface area contributed by atoms with E-state index in [1.807, 2.05) is 30.4 Å². The number of benzene rings is 1. The zero-order valence-electron chi connectivity index (χ0n) is 12.7. The first-order valence-corrected chi connectivity index (χ1v) is 8.58. The Hall–Kier alpha value is -1.39. The van der Waals surface area contributed by atoms with Crippen molar-refractivity contribution in [2.24, 2.45) is 0 Å². The molecule has 1 unspecified atom stereocenters. The number of hydrogen-bond donors (Lipinski definition) is 1. The molecule has 0 radical (unpaired) electrons. The van der Waals surface area contributed by atoms with E-state index in [0.29, 0.717) is 6.61 Å². The Kier molecular flexibility index (Phi) is 4.56. The summed E-state index contributed by atoms with van der Waals surface area (Å²) < 4.78 is 5.52. The summed E-state index contributed by atoms with van der Waals surface area (Å²) in [6.45, 7) is 5.78. The van der Waals surface area contributed by atoms with Crippen LogP contribution in [0.2, 0.25) is 0 Å². The molecule has 0 saturated carbocycles. The Bertz CT molecular complexity index is 570. The summed E-state index contributed by atoms with van der Waals surface area (Å²) in [4.78, 5) is 6.35. The molecule has 3 nitrogen and oxygen atoms in total. The van der Waals surface area contributed by atoms with Gasteiger partial charge in [0.1, 0.15) is 10.8 Å². The highest BCUT2D eigenvalue weighted by molar-refractivity contribution is 7.11. The van der Waals surface area contributed by atoms with Crippen molar-refractivity contribution in [2.75, 3.05) is 13.2 Å². The molecular formula is C17H22N2OS. The monoisotopic (exact) mass is 302 g/mol. The number of hydrogen-bond acceptors (Lipinski definition) is 4. The van der Waals surface area contributed by atoms with Crippen molar-refractivity contribution in [1.29, 1.82) is 0 Å². The summed E-state index contributed by atoms with van der Waals surface area (Å²) in [5.74, 6) is 0.929. The molecule has 0 saturated heterocycles. The van der Waals surface area contributed by atoms with Crippen LogP contribution in [0.15, 0.2) is 24.3 Å². The zero-order valence-corrected chi connectivity index (χ0v) is 13.5. The second-order valence-electron chi connectivity index (χ2n) is 5.27. The summed E-state index contributed by atoms with van der Waals surface area (Å²) in [6.07, 6.45) is 3.62. The van der Waals surface area contributed by atoms with Crippen LogP contribution in [0.4, 0.5) is 0 Å². The molecule has 0 fully saturated rings. The van der Waals surface area contributed by atoms with Crippen LogP contribution >= 0.6 is 11.3 Å². The summed E-state index contributed by atoms with van der Waals surface area (Å²) >= 11 is 1.87. The number of thiazole rings is 1. The van der Waals surface area contributed by atoms with Crippen molar-refractivity contribution in [3.8, 4) is 5.75 Å². The van der Waals surface area contributed by atoms with Gasteiger partial charge in [-0.15, -0.1) is 11.3 Å². The molecule has 3 rings (SSSR count). The van der Waals surface area contributed by atoms with Gasteiger partial charge in [-0.05, 0) is 50.4 Å². The van der Waals surface area contributed by atoms with E-state index in [1.165, 1.54) is 34.0 Å². The van der Waals surface area contributed by atoms with E-state index < -0.39 is 0 Å². The van der Waals surface area contributed by atoms with Crippen molar-refractivity contribution in [3.63, 3.8) is 0 Å². The van der Waals surface area contributed by atoms with E-state index in [9.17, 15) is 0 Å². The normalized spacial score (nSPS) is 15.0. The lowest BCUT2D eigenvalue weighted by Crippen LogP contribution is -2.21. The van der Waals surface area contributed by atoms with Crippen molar-refractivity contribution >= 4 is 11.3 Å². The van der Waals surface area contributed by atoms with Crippen LogP contribution in [0.25, 0.3) is 0 Å². The molecule has 21 heavy (non-hydrogen) atoms. The first-order valence-electron chi connectivity index (χ1n) is 7.76. The van der Waals surface area contributed by atoms with E-state index in [2.05, 4.69) is 24.4 Å².